The van der Waals surface area contributed by atoms with Gasteiger partial charge in [-0.15, -0.1) is 0 Å². The number of benzene rings is 2. The molecule has 0 spiro atoms. The van der Waals surface area contributed by atoms with E-state index in [9.17, 15) is 4.79 Å². The highest BCUT2D eigenvalue weighted by molar-refractivity contribution is 6.30. The Kier molecular flexibility index (Phi) is 4.68. The van der Waals surface area contributed by atoms with Gasteiger partial charge >= 0.3 is 0 Å². The number of anilines is 1. The Morgan fingerprint density at radius 3 is 2.52 bits per heavy atom. The zero-order chi connectivity index (χ0) is 18.6. The molecule has 132 valence electrons. The van der Waals surface area contributed by atoms with Crippen LogP contribution in [0.5, 0.6) is 0 Å². The molecule has 5 nitrogen and oxygen atoms in total. The smallest absolute Gasteiger partial charge is 0.255 e. The Labute approximate surface area is 161 Å². The summed E-state index contributed by atoms with van der Waals surface area (Å²) < 4.78 is 0. The normalized spacial score (nSPS) is 10.6. The molecule has 0 saturated heterocycles. The van der Waals surface area contributed by atoms with Crippen LogP contribution in [0.4, 0.5) is 5.69 Å². The standard InChI is InChI=1S/C21H15ClN4O/c22-17-4-6-18(7-5-17)25-21(27)16-3-1-2-15(12-16)20-19(13-24-26-20)14-8-10-23-11-9-14/h1-13H,(H,24,26)(H,25,27). The van der Waals surface area contributed by atoms with Gasteiger partial charge in [-0.2, -0.15) is 5.10 Å². The van der Waals surface area contributed by atoms with Crippen molar-refractivity contribution in [1.82, 2.24) is 15.2 Å². The van der Waals surface area contributed by atoms with Crippen molar-refractivity contribution in [3.8, 4) is 22.4 Å². The van der Waals surface area contributed by atoms with Crippen molar-refractivity contribution >= 4 is 23.2 Å². The van der Waals surface area contributed by atoms with Crippen molar-refractivity contribution < 1.29 is 4.79 Å². The van der Waals surface area contributed by atoms with Crippen LogP contribution in [0.1, 0.15) is 10.4 Å². The molecule has 0 radical (unpaired) electrons. The quantitative estimate of drug-likeness (QED) is 0.525. The Morgan fingerprint density at radius 1 is 0.963 bits per heavy atom. The van der Waals surface area contributed by atoms with Crippen molar-refractivity contribution in [2.45, 2.75) is 0 Å². The lowest BCUT2D eigenvalue weighted by atomic mass is 10.0. The van der Waals surface area contributed by atoms with Gasteiger partial charge in [0.2, 0.25) is 0 Å². The molecule has 4 aromatic rings. The van der Waals surface area contributed by atoms with E-state index in [-0.39, 0.29) is 5.91 Å². The first-order chi connectivity index (χ1) is 13.2. The number of nitrogens with zero attached hydrogens (tertiary/aromatic N) is 2. The van der Waals surface area contributed by atoms with Crippen LogP contribution < -0.4 is 5.32 Å². The Balaban J connectivity index is 1.63. The average Bonchev–Trinajstić information content (AvgIpc) is 3.20. The maximum Gasteiger partial charge on any atom is 0.255 e. The highest BCUT2D eigenvalue weighted by Crippen LogP contribution is 2.30. The summed E-state index contributed by atoms with van der Waals surface area (Å²) in [4.78, 5) is 16.6. The fourth-order valence-electron chi connectivity index (χ4n) is 2.81. The lowest BCUT2D eigenvalue weighted by Crippen LogP contribution is -2.11. The molecule has 0 aliphatic carbocycles. The van der Waals surface area contributed by atoms with Crippen LogP contribution in [0.2, 0.25) is 5.02 Å². The van der Waals surface area contributed by atoms with Gasteiger partial charge in [0.05, 0.1) is 5.69 Å². The largest absolute Gasteiger partial charge is 0.322 e. The number of hydrogen-bond acceptors (Lipinski definition) is 3. The molecule has 2 N–H and O–H groups in total. The molecule has 2 heterocycles. The van der Waals surface area contributed by atoms with Crippen LogP contribution in [0.15, 0.2) is 79.3 Å². The summed E-state index contributed by atoms with van der Waals surface area (Å²) >= 11 is 5.88. The molecule has 2 aromatic heterocycles. The molecule has 0 saturated carbocycles. The summed E-state index contributed by atoms with van der Waals surface area (Å²) in [6, 6.07) is 18.2. The summed E-state index contributed by atoms with van der Waals surface area (Å²) in [6.45, 7) is 0. The summed E-state index contributed by atoms with van der Waals surface area (Å²) in [6.07, 6.45) is 5.31. The number of halogens is 1. The molecule has 6 heteroatoms. The van der Waals surface area contributed by atoms with Gasteiger partial charge in [0, 0.05) is 46.0 Å². The first-order valence-corrected chi connectivity index (χ1v) is 8.70. The predicted molar refractivity (Wildman–Crippen MR) is 107 cm³/mol. The molecule has 1 amide bonds. The number of H-pyrrole nitrogens is 1. The third-order valence-corrected chi connectivity index (χ3v) is 4.38. The summed E-state index contributed by atoms with van der Waals surface area (Å²) in [7, 11) is 0. The van der Waals surface area contributed by atoms with Gasteiger partial charge in [-0.1, -0.05) is 23.7 Å². The molecular weight excluding hydrogens is 360 g/mol. The summed E-state index contributed by atoms with van der Waals surface area (Å²) in [5, 5.41) is 10.8. The average molecular weight is 375 g/mol. The van der Waals surface area contributed by atoms with Gasteiger partial charge in [-0.05, 0) is 54.1 Å². The van der Waals surface area contributed by atoms with Crippen LogP contribution >= 0.6 is 11.6 Å². The predicted octanol–water partition coefficient (Wildman–Crippen LogP) is 5.04. The SMILES string of the molecule is O=C(Nc1ccc(Cl)cc1)c1cccc(-c2n[nH]cc2-c2ccncc2)c1. The number of carbonyl (C=O) groups excluding carboxylic acids is 1. The first-order valence-electron chi connectivity index (χ1n) is 8.32. The van der Waals surface area contributed by atoms with E-state index in [0.29, 0.717) is 16.3 Å². The van der Waals surface area contributed by atoms with E-state index in [2.05, 4.69) is 20.5 Å². The van der Waals surface area contributed by atoms with E-state index in [4.69, 9.17) is 11.6 Å². The fourth-order valence-corrected chi connectivity index (χ4v) is 2.93. The zero-order valence-electron chi connectivity index (χ0n) is 14.2. The molecule has 0 aliphatic rings. The lowest BCUT2D eigenvalue weighted by Gasteiger charge is -2.07. The second kappa shape index (κ2) is 7.43. The topological polar surface area (TPSA) is 70.7 Å². The number of amides is 1. The third kappa shape index (κ3) is 3.73. The van der Waals surface area contributed by atoms with Gasteiger partial charge in [0.25, 0.3) is 5.91 Å². The van der Waals surface area contributed by atoms with Crippen molar-refractivity contribution in [1.29, 1.82) is 0 Å². The molecule has 2 aromatic carbocycles. The van der Waals surface area contributed by atoms with Crippen molar-refractivity contribution in [2.24, 2.45) is 0 Å². The van der Waals surface area contributed by atoms with Gasteiger partial charge in [-0.25, -0.2) is 0 Å². The Hall–Kier alpha value is -3.44. The van der Waals surface area contributed by atoms with Crippen LogP contribution in [0.25, 0.3) is 22.4 Å². The number of pyridine rings is 1. The number of aromatic nitrogens is 3. The Bertz CT molecular complexity index is 1070. The number of aromatic amines is 1. The number of hydrogen-bond donors (Lipinski definition) is 2. The van der Waals surface area contributed by atoms with E-state index in [0.717, 1.165) is 22.4 Å². The van der Waals surface area contributed by atoms with Crippen LogP contribution in [-0.2, 0) is 0 Å². The molecule has 27 heavy (non-hydrogen) atoms. The molecule has 0 unspecified atom stereocenters. The molecule has 0 aliphatic heterocycles. The van der Waals surface area contributed by atoms with Crippen molar-refractivity contribution in [2.75, 3.05) is 5.32 Å². The highest BCUT2D eigenvalue weighted by atomic mass is 35.5. The minimum Gasteiger partial charge on any atom is -0.322 e. The van der Waals surface area contributed by atoms with Gasteiger partial charge in [0.1, 0.15) is 0 Å². The van der Waals surface area contributed by atoms with Gasteiger partial charge in [0.15, 0.2) is 0 Å². The maximum absolute atomic E-state index is 12.6. The molecular formula is C21H15ClN4O. The van der Waals surface area contributed by atoms with E-state index in [1.54, 1.807) is 42.7 Å². The van der Waals surface area contributed by atoms with E-state index in [1.165, 1.54) is 0 Å². The molecule has 4 rings (SSSR count). The van der Waals surface area contributed by atoms with E-state index in [1.807, 2.05) is 36.5 Å². The van der Waals surface area contributed by atoms with E-state index >= 15 is 0 Å². The molecule has 0 bridgehead atoms. The number of rotatable bonds is 4. The molecule has 0 fully saturated rings. The van der Waals surface area contributed by atoms with Crippen LogP contribution in [-0.4, -0.2) is 21.1 Å². The van der Waals surface area contributed by atoms with Crippen LogP contribution in [0.3, 0.4) is 0 Å². The highest BCUT2D eigenvalue weighted by Gasteiger charge is 2.13. The second-order valence-corrected chi connectivity index (χ2v) is 6.36. The number of nitrogens with one attached hydrogen (secondary N) is 2. The minimum absolute atomic E-state index is 0.194. The van der Waals surface area contributed by atoms with Crippen LogP contribution in [0, 0.1) is 0 Å². The van der Waals surface area contributed by atoms with Gasteiger partial charge < -0.3 is 5.32 Å². The van der Waals surface area contributed by atoms with E-state index < -0.39 is 0 Å². The molecule has 0 atom stereocenters. The Morgan fingerprint density at radius 2 is 1.74 bits per heavy atom. The fraction of sp³-hybridized carbons (Fsp3) is 0. The third-order valence-electron chi connectivity index (χ3n) is 4.13. The monoisotopic (exact) mass is 374 g/mol. The summed E-state index contributed by atoms with van der Waals surface area (Å²) in [5.41, 5.74) is 4.82. The second-order valence-electron chi connectivity index (χ2n) is 5.93. The zero-order valence-corrected chi connectivity index (χ0v) is 14.9. The maximum atomic E-state index is 12.6. The summed E-state index contributed by atoms with van der Waals surface area (Å²) in [5.74, 6) is -0.194. The van der Waals surface area contributed by atoms with Crippen molar-refractivity contribution in [3.05, 3.63) is 89.8 Å². The minimum atomic E-state index is -0.194. The lowest BCUT2D eigenvalue weighted by molar-refractivity contribution is 0.102. The van der Waals surface area contributed by atoms with Gasteiger partial charge in [-0.3, -0.25) is 14.9 Å². The number of carbonyl (C=O) groups is 1. The first kappa shape index (κ1) is 17.0. The van der Waals surface area contributed by atoms with Crippen molar-refractivity contribution in [3.63, 3.8) is 0 Å².